The molecule has 150 valence electrons. The highest BCUT2D eigenvalue weighted by molar-refractivity contribution is 5.77. The number of hydrogen-bond donors (Lipinski definition) is 0. The fourth-order valence-electron chi connectivity index (χ4n) is 3.45. The predicted molar refractivity (Wildman–Crippen MR) is 108 cm³/mol. The van der Waals surface area contributed by atoms with Crippen LogP contribution in [0.4, 0.5) is 0 Å². The number of aromatic nitrogens is 1. The SMILES string of the molecule is CCOc1ccccc1CCC(=O)N1CCC(Oc2cc(C)n(C)c(=O)c2)C1. The number of pyridine rings is 1. The van der Waals surface area contributed by atoms with Crippen LogP contribution in [0.3, 0.4) is 0 Å². The number of para-hydroxylation sites is 1. The summed E-state index contributed by atoms with van der Waals surface area (Å²) in [5.41, 5.74) is 1.82. The van der Waals surface area contributed by atoms with Gasteiger partial charge in [0.05, 0.1) is 13.2 Å². The number of aryl methyl sites for hydroxylation is 2. The van der Waals surface area contributed by atoms with Crippen LogP contribution in [0.15, 0.2) is 41.2 Å². The van der Waals surface area contributed by atoms with Gasteiger partial charge in [-0.2, -0.15) is 0 Å². The molecule has 0 N–H and O–H groups in total. The van der Waals surface area contributed by atoms with Crippen LogP contribution in [0, 0.1) is 6.92 Å². The Bertz CT molecular complexity index is 890. The van der Waals surface area contributed by atoms with E-state index in [0.29, 0.717) is 38.3 Å². The first-order chi connectivity index (χ1) is 13.5. The number of carbonyl (C=O) groups is 1. The molecule has 6 heteroatoms. The van der Waals surface area contributed by atoms with Crippen molar-refractivity contribution in [3.8, 4) is 11.5 Å². The van der Waals surface area contributed by atoms with Crippen LogP contribution in [-0.4, -0.2) is 41.2 Å². The fourth-order valence-corrected chi connectivity index (χ4v) is 3.45. The van der Waals surface area contributed by atoms with E-state index in [0.717, 1.165) is 23.4 Å². The molecule has 1 aromatic carbocycles. The lowest BCUT2D eigenvalue weighted by Gasteiger charge is -2.18. The number of carbonyl (C=O) groups excluding carboxylic acids is 1. The number of nitrogens with zero attached hydrogens (tertiary/aromatic N) is 2. The van der Waals surface area contributed by atoms with E-state index in [1.165, 1.54) is 6.07 Å². The molecule has 6 nitrogen and oxygen atoms in total. The number of hydrogen-bond acceptors (Lipinski definition) is 4. The van der Waals surface area contributed by atoms with Gasteiger partial charge in [0, 0.05) is 38.2 Å². The third-order valence-electron chi connectivity index (χ3n) is 5.16. The van der Waals surface area contributed by atoms with Gasteiger partial charge in [-0.15, -0.1) is 0 Å². The second kappa shape index (κ2) is 8.95. The molecule has 2 aromatic rings. The normalized spacial score (nSPS) is 16.2. The molecular formula is C22H28N2O4. The van der Waals surface area contributed by atoms with E-state index >= 15 is 0 Å². The first kappa shape index (κ1) is 20.0. The molecule has 1 amide bonds. The molecule has 1 aliphatic heterocycles. The lowest BCUT2D eigenvalue weighted by molar-refractivity contribution is -0.130. The lowest BCUT2D eigenvalue weighted by atomic mass is 10.1. The van der Waals surface area contributed by atoms with Crippen LogP contribution in [-0.2, 0) is 18.3 Å². The van der Waals surface area contributed by atoms with Crippen molar-refractivity contribution in [3.05, 3.63) is 58.0 Å². The van der Waals surface area contributed by atoms with Gasteiger partial charge in [-0.25, -0.2) is 0 Å². The molecule has 0 aliphatic carbocycles. The van der Waals surface area contributed by atoms with Gasteiger partial charge in [0.2, 0.25) is 5.91 Å². The Morgan fingerprint density at radius 3 is 2.79 bits per heavy atom. The van der Waals surface area contributed by atoms with E-state index in [4.69, 9.17) is 9.47 Å². The Balaban J connectivity index is 1.54. The van der Waals surface area contributed by atoms with E-state index in [-0.39, 0.29) is 17.6 Å². The van der Waals surface area contributed by atoms with Crippen molar-refractivity contribution in [2.45, 2.75) is 39.2 Å². The van der Waals surface area contributed by atoms with Crippen molar-refractivity contribution in [2.75, 3.05) is 19.7 Å². The van der Waals surface area contributed by atoms with Gasteiger partial charge >= 0.3 is 0 Å². The summed E-state index contributed by atoms with van der Waals surface area (Å²) in [7, 11) is 1.74. The molecule has 0 radical (unpaired) electrons. The van der Waals surface area contributed by atoms with Crippen molar-refractivity contribution in [1.82, 2.24) is 9.47 Å². The Labute approximate surface area is 165 Å². The van der Waals surface area contributed by atoms with Crippen molar-refractivity contribution >= 4 is 5.91 Å². The van der Waals surface area contributed by atoms with Crippen LogP contribution in [0.1, 0.15) is 31.0 Å². The third-order valence-corrected chi connectivity index (χ3v) is 5.16. The average molecular weight is 384 g/mol. The zero-order chi connectivity index (χ0) is 20.1. The van der Waals surface area contributed by atoms with Crippen molar-refractivity contribution in [3.63, 3.8) is 0 Å². The topological polar surface area (TPSA) is 60.8 Å². The molecular weight excluding hydrogens is 356 g/mol. The summed E-state index contributed by atoms with van der Waals surface area (Å²) >= 11 is 0. The van der Waals surface area contributed by atoms with Crippen molar-refractivity contribution in [1.29, 1.82) is 0 Å². The van der Waals surface area contributed by atoms with Gasteiger partial charge in [0.25, 0.3) is 5.56 Å². The minimum Gasteiger partial charge on any atom is -0.494 e. The summed E-state index contributed by atoms with van der Waals surface area (Å²) < 4.78 is 13.2. The summed E-state index contributed by atoms with van der Waals surface area (Å²) in [5, 5.41) is 0. The lowest BCUT2D eigenvalue weighted by Crippen LogP contribution is -2.31. The Kier molecular flexibility index (Phi) is 6.39. The van der Waals surface area contributed by atoms with Gasteiger partial charge in [-0.1, -0.05) is 18.2 Å². The van der Waals surface area contributed by atoms with Gasteiger partial charge in [-0.3, -0.25) is 9.59 Å². The highest BCUT2D eigenvalue weighted by Gasteiger charge is 2.27. The molecule has 1 unspecified atom stereocenters. The largest absolute Gasteiger partial charge is 0.494 e. The first-order valence-electron chi connectivity index (χ1n) is 9.80. The molecule has 1 fully saturated rings. The smallest absolute Gasteiger partial charge is 0.254 e. The fraction of sp³-hybridized carbons (Fsp3) is 0.455. The molecule has 1 atom stereocenters. The number of rotatable bonds is 7. The standard InChI is InChI=1S/C22H28N2O4/c1-4-27-20-8-6-5-7-17(20)9-10-21(25)24-12-11-18(15-24)28-19-13-16(2)23(3)22(26)14-19/h5-8,13-14,18H,4,9-12,15H2,1-3H3. The minimum atomic E-state index is -0.0890. The maximum atomic E-state index is 12.6. The molecule has 2 heterocycles. The van der Waals surface area contributed by atoms with Crippen LogP contribution >= 0.6 is 0 Å². The number of benzene rings is 1. The van der Waals surface area contributed by atoms with Gasteiger partial charge in [0.1, 0.15) is 17.6 Å². The maximum absolute atomic E-state index is 12.6. The number of ether oxygens (including phenoxy) is 2. The van der Waals surface area contributed by atoms with E-state index < -0.39 is 0 Å². The summed E-state index contributed by atoms with van der Waals surface area (Å²) in [6.45, 7) is 5.67. The van der Waals surface area contributed by atoms with Crippen LogP contribution in [0.25, 0.3) is 0 Å². The zero-order valence-corrected chi connectivity index (χ0v) is 16.8. The van der Waals surface area contributed by atoms with E-state index in [1.807, 2.05) is 49.1 Å². The highest BCUT2D eigenvalue weighted by Crippen LogP contribution is 2.22. The van der Waals surface area contributed by atoms with E-state index in [2.05, 4.69) is 0 Å². The zero-order valence-electron chi connectivity index (χ0n) is 16.8. The molecule has 1 saturated heterocycles. The monoisotopic (exact) mass is 384 g/mol. The molecule has 0 bridgehead atoms. The van der Waals surface area contributed by atoms with E-state index in [9.17, 15) is 9.59 Å². The highest BCUT2D eigenvalue weighted by atomic mass is 16.5. The second-order valence-corrected chi connectivity index (χ2v) is 7.14. The minimum absolute atomic E-state index is 0.0776. The molecule has 28 heavy (non-hydrogen) atoms. The third kappa shape index (κ3) is 4.74. The second-order valence-electron chi connectivity index (χ2n) is 7.14. The summed E-state index contributed by atoms with van der Waals surface area (Å²) in [6, 6.07) is 11.2. The molecule has 3 rings (SSSR count). The first-order valence-corrected chi connectivity index (χ1v) is 9.80. The molecule has 1 aromatic heterocycles. The van der Waals surface area contributed by atoms with Crippen molar-refractivity contribution in [2.24, 2.45) is 7.05 Å². The Hall–Kier alpha value is -2.76. The number of likely N-dealkylation sites (tertiary alicyclic amines) is 1. The van der Waals surface area contributed by atoms with Gasteiger partial charge < -0.3 is 18.9 Å². The quantitative estimate of drug-likeness (QED) is 0.736. The van der Waals surface area contributed by atoms with Gasteiger partial charge in [-0.05, 0) is 38.0 Å². The van der Waals surface area contributed by atoms with E-state index in [1.54, 1.807) is 11.6 Å². The Morgan fingerprint density at radius 2 is 2.04 bits per heavy atom. The summed E-state index contributed by atoms with van der Waals surface area (Å²) in [5.74, 6) is 1.55. The molecule has 1 aliphatic rings. The van der Waals surface area contributed by atoms with Crippen LogP contribution < -0.4 is 15.0 Å². The summed E-state index contributed by atoms with van der Waals surface area (Å²) in [6.07, 6.45) is 1.80. The molecule has 0 spiro atoms. The van der Waals surface area contributed by atoms with Crippen LogP contribution in [0.5, 0.6) is 11.5 Å². The molecule has 0 saturated carbocycles. The maximum Gasteiger partial charge on any atom is 0.254 e. The number of amides is 1. The van der Waals surface area contributed by atoms with Crippen LogP contribution in [0.2, 0.25) is 0 Å². The Morgan fingerprint density at radius 1 is 1.25 bits per heavy atom. The average Bonchev–Trinajstić information content (AvgIpc) is 3.14. The van der Waals surface area contributed by atoms with Crippen molar-refractivity contribution < 1.29 is 14.3 Å². The predicted octanol–water partition coefficient (Wildman–Crippen LogP) is 2.70. The summed E-state index contributed by atoms with van der Waals surface area (Å²) in [4.78, 5) is 26.4. The van der Waals surface area contributed by atoms with Gasteiger partial charge in [0.15, 0.2) is 0 Å².